The van der Waals surface area contributed by atoms with E-state index in [-0.39, 0.29) is 0 Å². The Balaban J connectivity index is 2.71. The van der Waals surface area contributed by atoms with Crippen molar-refractivity contribution < 1.29 is 4.79 Å². The molecule has 0 atom stereocenters. The van der Waals surface area contributed by atoms with Gasteiger partial charge in [-0.2, -0.15) is 0 Å². The van der Waals surface area contributed by atoms with Crippen LogP contribution in [-0.4, -0.2) is 8.91 Å². The molecule has 0 bridgehead atoms. The molecule has 5 heteroatoms. The van der Waals surface area contributed by atoms with Gasteiger partial charge in [-0.05, 0) is 30.8 Å². The Morgan fingerprint density at radius 3 is 2.14 bits per heavy atom. The number of hydrogen-bond donors (Lipinski definition) is 0. The summed E-state index contributed by atoms with van der Waals surface area (Å²) in [6.07, 6.45) is 0. The molecule has 0 spiro atoms. The molecule has 0 aliphatic carbocycles. The van der Waals surface area contributed by atoms with E-state index in [9.17, 15) is 4.79 Å². The summed E-state index contributed by atoms with van der Waals surface area (Å²) in [6.45, 7) is 1.96. The van der Waals surface area contributed by atoms with Gasteiger partial charge in [-0.15, -0.1) is 0 Å². The minimum Gasteiger partial charge on any atom is -0.282 e. The second-order valence-corrected chi connectivity index (χ2v) is 6.03. The van der Waals surface area contributed by atoms with E-state index >= 15 is 0 Å². The Hall–Kier alpha value is 0.110. The highest BCUT2D eigenvalue weighted by Gasteiger charge is 2.31. The van der Waals surface area contributed by atoms with Gasteiger partial charge in [0.05, 0.1) is 0 Å². The SMILES string of the molecule is Cc1ccc(SC(=O)C(Cl)(Cl)Cl)cc1. The molecule has 0 unspecified atom stereocenters. The molecule has 0 N–H and O–H groups in total. The Morgan fingerprint density at radius 1 is 1.21 bits per heavy atom. The molecular weight excluding hydrogens is 263 g/mol. The first-order valence-corrected chi connectivity index (χ1v) is 5.70. The first-order chi connectivity index (χ1) is 6.39. The normalized spacial score (nSPS) is 11.4. The molecule has 0 aliphatic heterocycles. The van der Waals surface area contributed by atoms with E-state index in [1.165, 1.54) is 0 Å². The topological polar surface area (TPSA) is 17.1 Å². The summed E-state index contributed by atoms with van der Waals surface area (Å²) in [5.74, 6) is 0. The molecule has 14 heavy (non-hydrogen) atoms. The second-order valence-electron chi connectivity index (χ2n) is 2.70. The molecule has 0 radical (unpaired) electrons. The van der Waals surface area contributed by atoms with Crippen molar-refractivity contribution in [3.05, 3.63) is 29.8 Å². The van der Waals surface area contributed by atoms with Gasteiger partial charge in [-0.25, -0.2) is 0 Å². The molecule has 0 saturated heterocycles. The standard InChI is InChI=1S/C9H7Cl3OS/c1-6-2-4-7(5-3-6)14-8(13)9(10,11)12/h2-5H,1H3. The van der Waals surface area contributed by atoms with Crippen molar-refractivity contribution in [2.75, 3.05) is 0 Å². The van der Waals surface area contributed by atoms with E-state index in [4.69, 9.17) is 34.8 Å². The number of thioether (sulfide) groups is 1. The Morgan fingerprint density at radius 2 is 1.71 bits per heavy atom. The average Bonchev–Trinajstić information content (AvgIpc) is 2.07. The van der Waals surface area contributed by atoms with Crippen LogP contribution in [0.1, 0.15) is 5.56 Å². The number of alkyl halides is 3. The average molecular weight is 270 g/mol. The summed E-state index contributed by atoms with van der Waals surface area (Å²) in [5.41, 5.74) is 1.12. The van der Waals surface area contributed by atoms with Crippen molar-refractivity contribution in [1.82, 2.24) is 0 Å². The van der Waals surface area contributed by atoms with Crippen molar-refractivity contribution in [2.24, 2.45) is 0 Å². The van der Waals surface area contributed by atoms with E-state index < -0.39 is 8.91 Å². The number of carbonyl (C=O) groups excluding carboxylic acids is 1. The molecule has 1 nitrogen and oxygen atoms in total. The number of benzene rings is 1. The predicted octanol–water partition coefficient (Wildman–Crippen LogP) is 3.98. The summed E-state index contributed by atoms with van der Waals surface area (Å²) in [6, 6.07) is 7.42. The molecule has 1 aromatic rings. The zero-order chi connectivity index (χ0) is 10.8. The molecule has 1 aromatic carbocycles. The minimum absolute atomic E-state index is 0.494. The summed E-state index contributed by atoms with van der Waals surface area (Å²) in [4.78, 5) is 12.1. The largest absolute Gasteiger partial charge is 0.282 e. The van der Waals surface area contributed by atoms with Crippen molar-refractivity contribution in [2.45, 2.75) is 15.6 Å². The van der Waals surface area contributed by atoms with Crippen LogP contribution in [0.4, 0.5) is 0 Å². The van der Waals surface area contributed by atoms with Crippen LogP contribution in [0.3, 0.4) is 0 Å². The highest BCUT2D eigenvalue weighted by Crippen LogP contribution is 2.35. The maximum Gasteiger partial charge on any atom is 0.259 e. The molecule has 0 aromatic heterocycles. The highest BCUT2D eigenvalue weighted by atomic mass is 35.6. The zero-order valence-electron chi connectivity index (χ0n) is 7.26. The molecule has 0 amide bonds. The summed E-state index contributed by atoms with van der Waals surface area (Å²) in [5, 5.41) is -0.494. The first kappa shape index (κ1) is 12.2. The van der Waals surface area contributed by atoms with Crippen LogP contribution in [0.5, 0.6) is 0 Å². The van der Waals surface area contributed by atoms with Gasteiger partial charge < -0.3 is 0 Å². The third-order valence-electron chi connectivity index (χ3n) is 1.46. The lowest BCUT2D eigenvalue weighted by Crippen LogP contribution is -2.14. The molecule has 0 heterocycles. The molecule has 0 fully saturated rings. The third kappa shape index (κ3) is 3.70. The van der Waals surface area contributed by atoms with Crippen LogP contribution < -0.4 is 0 Å². The number of rotatable bonds is 1. The Labute approximate surface area is 102 Å². The van der Waals surface area contributed by atoms with Crippen molar-refractivity contribution in [1.29, 1.82) is 0 Å². The maximum atomic E-state index is 11.3. The van der Waals surface area contributed by atoms with Gasteiger partial charge in [0.2, 0.25) is 5.12 Å². The van der Waals surface area contributed by atoms with Gasteiger partial charge >= 0.3 is 0 Å². The van der Waals surface area contributed by atoms with Crippen molar-refractivity contribution in [3.8, 4) is 0 Å². The lowest BCUT2D eigenvalue weighted by Gasteiger charge is -2.08. The van der Waals surface area contributed by atoms with Crippen molar-refractivity contribution in [3.63, 3.8) is 0 Å². The maximum absolute atomic E-state index is 11.3. The molecule has 0 saturated carbocycles. The fourth-order valence-electron chi connectivity index (χ4n) is 0.771. The van der Waals surface area contributed by atoms with Crippen LogP contribution in [0, 0.1) is 6.92 Å². The number of halogens is 3. The summed E-state index contributed by atoms with van der Waals surface area (Å²) >= 11 is 17.2. The predicted molar refractivity (Wildman–Crippen MR) is 62.3 cm³/mol. The summed E-state index contributed by atoms with van der Waals surface area (Å²) in [7, 11) is 0. The number of carbonyl (C=O) groups is 1. The van der Waals surface area contributed by atoms with Crippen LogP contribution >= 0.6 is 46.6 Å². The lowest BCUT2D eigenvalue weighted by molar-refractivity contribution is -0.110. The van der Waals surface area contributed by atoms with Crippen LogP contribution in [0.2, 0.25) is 0 Å². The molecule has 0 aliphatic rings. The van der Waals surface area contributed by atoms with Gasteiger partial charge in [-0.1, -0.05) is 52.5 Å². The highest BCUT2D eigenvalue weighted by molar-refractivity contribution is 8.14. The number of hydrogen-bond acceptors (Lipinski definition) is 2. The van der Waals surface area contributed by atoms with Crippen LogP contribution in [-0.2, 0) is 4.79 Å². The van der Waals surface area contributed by atoms with Gasteiger partial charge in [0, 0.05) is 4.90 Å². The van der Waals surface area contributed by atoms with Gasteiger partial charge in [0.25, 0.3) is 3.79 Å². The monoisotopic (exact) mass is 268 g/mol. The van der Waals surface area contributed by atoms with Gasteiger partial charge in [-0.3, -0.25) is 4.79 Å². The van der Waals surface area contributed by atoms with Gasteiger partial charge in [0.1, 0.15) is 0 Å². The third-order valence-corrected chi connectivity index (χ3v) is 3.31. The van der Waals surface area contributed by atoms with E-state index in [1.807, 2.05) is 31.2 Å². The van der Waals surface area contributed by atoms with E-state index in [0.717, 1.165) is 22.2 Å². The van der Waals surface area contributed by atoms with Gasteiger partial charge in [0.15, 0.2) is 0 Å². The summed E-state index contributed by atoms with van der Waals surface area (Å²) < 4.78 is -1.85. The van der Waals surface area contributed by atoms with E-state index in [0.29, 0.717) is 0 Å². The molecule has 1 rings (SSSR count). The lowest BCUT2D eigenvalue weighted by atomic mass is 10.2. The van der Waals surface area contributed by atoms with Crippen LogP contribution in [0.15, 0.2) is 29.2 Å². The smallest absolute Gasteiger partial charge is 0.259 e. The van der Waals surface area contributed by atoms with E-state index in [2.05, 4.69) is 0 Å². The van der Waals surface area contributed by atoms with Crippen LogP contribution in [0.25, 0.3) is 0 Å². The first-order valence-electron chi connectivity index (χ1n) is 3.75. The molecule has 76 valence electrons. The Kier molecular flexibility index (Phi) is 4.14. The van der Waals surface area contributed by atoms with Crippen molar-refractivity contribution >= 4 is 51.7 Å². The number of aryl methyl sites for hydroxylation is 1. The minimum atomic E-state index is -1.85. The quantitative estimate of drug-likeness (QED) is 0.566. The molecular formula is C9H7Cl3OS. The fourth-order valence-corrected chi connectivity index (χ4v) is 1.72. The Bertz CT molecular complexity index is 329. The van der Waals surface area contributed by atoms with E-state index in [1.54, 1.807) is 0 Å². The fraction of sp³-hybridized carbons (Fsp3) is 0.222. The zero-order valence-corrected chi connectivity index (χ0v) is 10.3. The second kappa shape index (κ2) is 4.75.